The SMILES string of the molecule is O=C(N[C@@H](c1ccccc1)[C@H](O)C(=O)O)OCc1ccccc1. The normalized spacial score (nSPS) is 12.9. The summed E-state index contributed by atoms with van der Waals surface area (Å²) in [4.78, 5) is 22.9. The summed E-state index contributed by atoms with van der Waals surface area (Å²) in [5.41, 5.74) is 1.27. The molecule has 0 saturated carbocycles. The van der Waals surface area contributed by atoms with Crippen LogP contribution in [-0.2, 0) is 16.1 Å². The number of aliphatic hydroxyl groups is 1. The van der Waals surface area contributed by atoms with Gasteiger partial charge in [-0.25, -0.2) is 9.59 Å². The van der Waals surface area contributed by atoms with Crippen LogP contribution < -0.4 is 5.32 Å². The molecule has 2 atom stereocenters. The standard InChI is InChI=1S/C17H17NO5/c19-15(16(20)21)14(13-9-5-2-6-10-13)18-17(22)23-11-12-7-3-1-4-8-12/h1-10,14-15,19H,11H2,(H,18,22)(H,20,21)/t14-,15-/m0/s1. The van der Waals surface area contributed by atoms with Gasteiger partial charge in [0.1, 0.15) is 6.61 Å². The molecular formula is C17H17NO5. The number of carbonyl (C=O) groups excluding carboxylic acids is 1. The number of aliphatic carboxylic acids is 1. The van der Waals surface area contributed by atoms with E-state index in [1.807, 2.05) is 18.2 Å². The van der Waals surface area contributed by atoms with Crippen molar-refractivity contribution in [1.82, 2.24) is 5.32 Å². The quantitative estimate of drug-likeness (QED) is 0.758. The Bertz CT molecular complexity index is 645. The van der Waals surface area contributed by atoms with Gasteiger partial charge in [0.05, 0.1) is 6.04 Å². The average Bonchev–Trinajstić information content (AvgIpc) is 2.59. The molecule has 0 fully saturated rings. The Kier molecular flexibility index (Phi) is 5.71. The molecule has 0 heterocycles. The molecule has 120 valence electrons. The van der Waals surface area contributed by atoms with Crippen molar-refractivity contribution in [3.05, 3.63) is 71.8 Å². The molecule has 2 aromatic carbocycles. The third kappa shape index (κ3) is 4.82. The van der Waals surface area contributed by atoms with E-state index in [1.54, 1.807) is 42.5 Å². The summed E-state index contributed by atoms with van der Waals surface area (Å²) in [6.45, 7) is 0.0529. The molecule has 2 rings (SSSR count). The third-order valence-corrected chi connectivity index (χ3v) is 3.21. The van der Waals surface area contributed by atoms with Gasteiger partial charge in [-0.2, -0.15) is 0 Å². The number of benzene rings is 2. The molecule has 1 amide bonds. The van der Waals surface area contributed by atoms with Crippen molar-refractivity contribution in [2.24, 2.45) is 0 Å². The van der Waals surface area contributed by atoms with E-state index in [9.17, 15) is 14.7 Å². The predicted molar refractivity (Wildman–Crippen MR) is 82.6 cm³/mol. The Morgan fingerprint density at radius 1 is 1.00 bits per heavy atom. The number of nitrogens with one attached hydrogen (secondary N) is 1. The molecular weight excluding hydrogens is 298 g/mol. The fourth-order valence-corrected chi connectivity index (χ4v) is 2.04. The molecule has 0 spiro atoms. The van der Waals surface area contributed by atoms with Crippen LogP contribution in [0.25, 0.3) is 0 Å². The van der Waals surface area contributed by atoms with Crippen LogP contribution >= 0.6 is 0 Å². The van der Waals surface area contributed by atoms with Gasteiger partial charge >= 0.3 is 12.1 Å². The van der Waals surface area contributed by atoms with Crippen molar-refractivity contribution in [3.63, 3.8) is 0 Å². The number of rotatable bonds is 6. The third-order valence-electron chi connectivity index (χ3n) is 3.21. The smallest absolute Gasteiger partial charge is 0.408 e. The molecule has 3 N–H and O–H groups in total. The summed E-state index contributed by atoms with van der Waals surface area (Å²) in [6.07, 6.45) is -2.58. The summed E-state index contributed by atoms with van der Waals surface area (Å²) < 4.78 is 5.06. The van der Waals surface area contributed by atoms with E-state index in [4.69, 9.17) is 9.84 Å². The van der Waals surface area contributed by atoms with Gasteiger partial charge in [-0.05, 0) is 11.1 Å². The second kappa shape index (κ2) is 7.95. The molecule has 2 aromatic rings. The topological polar surface area (TPSA) is 95.9 Å². The van der Waals surface area contributed by atoms with Crippen LogP contribution in [0.3, 0.4) is 0 Å². The molecule has 0 bridgehead atoms. The monoisotopic (exact) mass is 315 g/mol. The van der Waals surface area contributed by atoms with Gasteiger partial charge in [0.25, 0.3) is 0 Å². The van der Waals surface area contributed by atoms with Crippen molar-refractivity contribution < 1.29 is 24.5 Å². The summed E-state index contributed by atoms with van der Waals surface area (Å²) in [6, 6.07) is 16.3. The van der Waals surface area contributed by atoms with Crippen LogP contribution in [0.15, 0.2) is 60.7 Å². The number of ether oxygens (including phenoxy) is 1. The fourth-order valence-electron chi connectivity index (χ4n) is 2.04. The lowest BCUT2D eigenvalue weighted by atomic mass is 10.0. The van der Waals surface area contributed by atoms with Crippen molar-refractivity contribution >= 4 is 12.1 Å². The Balaban J connectivity index is 2.02. The average molecular weight is 315 g/mol. The number of carboxylic acid groups (broad SMARTS) is 1. The molecule has 0 saturated heterocycles. The lowest BCUT2D eigenvalue weighted by molar-refractivity contribution is -0.148. The van der Waals surface area contributed by atoms with E-state index >= 15 is 0 Å². The number of aliphatic hydroxyl groups excluding tert-OH is 1. The van der Waals surface area contributed by atoms with Crippen LogP contribution in [0.5, 0.6) is 0 Å². The molecule has 0 aliphatic carbocycles. The van der Waals surface area contributed by atoms with Gasteiger partial charge in [-0.15, -0.1) is 0 Å². The van der Waals surface area contributed by atoms with Crippen LogP contribution in [0.1, 0.15) is 17.2 Å². The molecule has 6 heteroatoms. The van der Waals surface area contributed by atoms with Gasteiger partial charge in [0.2, 0.25) is 0 Å². The van der Waals surface area contributed by atoms with Crippen LogP contribution in [0, 0.1) is 0 Å². The molecule has 0 radical (unpaired) electrons. The highest BCUT2D eigenvalue weighted by Gasteiger charge is 2.29. The van der Waals surface area contributed by atoms with E-state index in [2.05, 4.69) is 5.32 Å². The minimum absolute atomic E-state index is 0.0529. The van der Waals surface area contributed by atoms with Crippen LogP contribution in [0.2, 0.25) is 0 Å². The minimum atomic E-state index is -1.78. The van der Waals surface area contributed by atoms with Gasteiger partial charge in [-0.1, -0.05) is 60.7 Å². The summed E-state index contributed by atoms with van der Waals surface area (Å²) in [5.74, 6) is -1.43. The second-order valence-electron chi connectivity index (χ2n) is 4.88. The van der Waals surface area contributed by atoms with E-state index in [-0.39, 0.29) is 6.61 Å². The molecule has 6 nitrogen and oxygen atoms in total. The summed E-state index contributed by atoms with van der Waals surface area (Å²) in [7, 11) is 0. The summed E-state index contributed by atoms with van der Waals surface area (Å²) in [5, 5.41) is 21.2. The highest BCUT2D eigenvalue weighted by atomic mass is 16.5. The van der Waals surface area contributed by atoms with E-state index < -0.39 is 24.2 Å². The van der Waals surface area contributed by atoms with Crippen molar-refractivity contribution in [3.8, 4) is 0 Å². The molecule has 0 aliphatic rings. The van der Waals surface area contributed by atoms with Crippen molar-refractivity contribution in [1.29, 1.82) is 0 Å². The highest BCUT2D eigenvalue weighted by molar-refractivity contribution is 5.75. The van der Waals surface area contributed by atoms with E-state index in [1.165, 1.54) is 0 Å². The summed E-state index contributed by atoms with van der Waals surface area (Å²) >= 11 is 0. The number of hydrogen-bond acceptors (Lipinski definition) is 4. The Morgan fingerprint density at radius 2 is 1.57 bits per heavy atom. The van der Waals surface area contributed by atoms with Gasteiger partial charge in [0, 0.05) is 0 Å². The lowest BCUT2D eigenvalue weighted by Crippen LogP contribution is -2.40. The number of amides is 1. The number of carbonyl (C=O) groups is 2. The molecule has 0 aromatic heterocycles. The molecule has 0 unspecified atom stereocenters. The molecule has 23 heavy (non-hydrogen) atoms. The zero-order valence-electron chi connectivity index (χ0n) is 12.3. The van der Waals surface area contributed by atoms with Crippen LogP contribution in [-0.4, -0.2) is 28.4 Å². The Hall–Kier alpha value is -2.86. The first-order valence-electron chi connectivity index (χ1n) is 7.01. The maximum absolute atomic E-state index is 11.9. The van der Waals surface area contributed by atoms with Gasteiger partial charge in [-0.3, -0.25) is 0 Å². The van der Waals surface area contributed by atoms with Crippen LogP contribution in [0.4, 0.5) is 4.79 Å². The number of hydrogen-bond donors (Lipinski definition) is 3. The Morgan fingerprint density at radius 3 is 2.13 bits per heavy atom. The van der Waals surface area contributed by atoms with E-state index in [0.29, 0.717) is 5.56 Å². The zero-order valence-corrected chi connectivity index (χ0v) is 12.3. The molecule has 0 aliphatic heterocycles. The minimum Gasteiger partial charge on any atom is -0.479 e. The highest BCUT2D eigenvalue weighted by Crippen LogP contribution is 2.17. The maximum atomic E-state index is 11.9. The first-order chi connectivity index (χ1) is 11.1. The largest absolute Gasteiger partial charge is 0.479 e. The van der Waals surface area contributed by atoms with Gasteiger partial charge in [0.15, 0.2) is 6.10 Å². The zero-order chi connectivity index (χ0) is 16.7. The maximum Gasteiger partial charge on any atom is 0.408 e. The fraction of sp³-hybridized carbons (Fsp3) is 0.176. The number of carboxylic acids is 1. The Labute approximate surface area is 133 Å². The predicted octanol–water partition coefficient (Wildman–Crippen LogP) is 2.10. The first kappa shape index (κ1) is 16.5. The van der Waals surface area contributed by atoms with E-state index in [0.717, 1.165) is 5.56 Å². The second-order valence-corrected chi connectivity index (χ2v) is 4.88. The lowest BCUT2D eigenvalue weighted by Gasteiger charge is -2.21. The van der Waals surface area contributed by atoms with Crippen molar-refractivity contribution in [2.75, 3.05) is 0 Å². The van der Waals surface area contributed by atoms with Crippen molar-refractivity contribution in [2.45, 2.75) is 18.8 Å². The first-order valence-corrected chi connectivity index (χ1v) is 7.01. The number of alkyl carbamates (subject to hydrolysis) is 1. The van der Waals surface area contributed by atoms with Gasteiger partial charge < -0.3 is 20.3 Å².